The molecule has 1 amide bonds. The van der Waals surface area contributed by atoms with Gasteiger partial charge in [0.2, 0.25) is 11.9 Å². The number of pyridine rings is 1. The molecule has 5 nitrogen and oxygen atoms in total. The van der Waals surface area contributed by atoms with E-state index in [0.717, 1.165) is 4.90 Å². The third kappa shape index (κ3) is 3.03. The molecule has 1 N–H and O–H groups in total. The van der Waals surface area contributed by atoms with Gasteiger partial charge in [-0.1, -0.05) is 24.3 Å². The number of rotatable bonds is 2. The third-order valence-corrected chi connectivity index (χ3v) is 3.60. The van der Waals surface area contributed by atoms with E-state index in [1.54, 1.807) is 37.3 Å². The highest BCUT2D eigenvalue weighted by Crippen LogP contribution is 2.38. The summed E-state index contributed by atoms with van der Waals surface area (Å²) >= 11 is 0. The van der Waals surface area contributed by atoms with Crippen molar-refractivity contribution in [2.45, 2.75) is 13.3 Å². The number of fused-ring (bicyclic) bond motifs is 3. The van der Waals surface area contributed by atoms with E-state index in [0.29, 0.717) is 16.8 Å². The average molecular weight is 337 g/mol. The summed E-state index contributed by atoms with van der Waals surface area (Å²) in [6.45, 7) is 1.09. The van der Waals surface area contributed by atoms with Crippen molar-refractivity contribution in [2.24, 2.45) is 0 Å². The molecule has 23 heavy (non-hydrogen) atoms. The molecule has 3 rings (SSSR count). The Balaban J connectivity index is 0.00000192. The summed E-state index contributed by atoms with van der Waals surface area (Å²) in [6.07, 6.45) is 0.0244. The summed E-state index contributed by atoms with van der Waals surface area (Å²) in [7, 11) is 0. The Morgan fingerprint density at radius 2 is 2.09 bits per heavy atom. The van der Waals surface area contributed by atoms with Crippen molar-refractivity contribution >= 4 is 30.0 Å². The molecule has 0 unspecified atom stereocenters. The van der Waals surface area contributed by atoms with Crippen molar-refractivity contribution in [3.8, 4) is 11.1 Å². The average Bonchev–Trinajstić information content (AvgIpc) is 2.55. The van der Waals surface area contributed by atoms with Crippen molar-refractivity contribution in [1.29, 1.82) is 0 Å². The number of aryl methyl sites for hydroxylation is 1. The van der Waals surface area contributed by atoms with Crippen LogP contribution in [0.5, 0.6) is 0 Å². The second-order valence-electron chi connectivity index (χ2n) is 5.16. The Hall–Kier alpha value is -2.47. The monoisotopic (exact) mass is 336 g/mol. The Bertz CT molecular complexity index is 795. The highest BCUT2D eigenvalue weighted by Gasteiger charge is 2.29. The van der Waals surface area contributed by atoms with Gasteiger partial charge >= 0.3 is 5.97 Å². The smallest absolute Gasteiger partial charge is 0.323 e. The predicted molar refractivity (Wildman–Crippen MR) is 85.3 cm³/mol. The molecule has 0 aliphatic carbocycles. The maximum atomic E-state index is 14.4. The summed E-state index contributed by atoms with van der Waals surface area (Å²) in [6, 6.07) is 8.51. The molecule has 0 bridgehead atoms. The van der Waals surface area contributed by atoms with Crippen LogP contribution >= 0.6 is 12.4 Å². The maximum Gasteiger partial charge on any atom is 0.323 e. The lowest BCUT2D eigenvalue weighted by Crippen LogP contribution is -2.36. The molecule has 0 saturated heterocycles. The van der Waals surface area contributed by atoms with E-state index in [9.17, 15) is 14.0 Å². The van der Waals surface area contributed by atoms with E-state index in [4.69, 9.17) is 5.11 Å². The fourth-order valence-electron chi connectivity index (χ4n) is 2.70. The maximum absolute atomic E-state index is 14.4. The van der Waals surface area contributed by atoms with E-state index in [1.165, 1.54) is 0 Å². The van der Waals surface area contributed by atoms with Gasteiger partial charge in [-0.2, -0.15) is 4.39 Å². The number of hydrogen-bond donors (Lipinski definition) is 1. The summed E-state index contributed by atoms with van der Waals surface area (Å²) in [4.78, 5) is 28.4. The van der Waals surface area contributed by atoms with E-state index < -0.39 is 18.5 Å². The summed E-state index contributed by atoms with van der Waals surface area (Å²) in [5.41, 5.74) is 2.05. The zero-order chi connectivity index (χ0) is 15.9. The Kier molecular flexibility index (Phi) is 4.65. The standard InChI is InChI=1S/C16H13FN2O3.ClH/c1-9-6-12-15(16(17)18-9)11-5-3-2-4-10(11)7-13(20)19(12)8-14(21)22;/h2-6H,7-8H2,1H3,(H,21,22);1H. The van der Waals surface area contributed by atoms with Crippen LogP contribution in [0.4, 0.5) is 10.1 Å². The van der Waals surface area contributed by atoms with Crippen LogP contribution in [0, 0.1) is 12.9 Å². The summed E-state index contributed by atoms with van der Waals surface area (Å²) in [5, 5.41) is 9.05. The van der Waals surface area contributed by atoms with Gasteiger partial charge in [-0.3, -0.25) is 9.59 Å². The van der Waals surface area contributed by atoms with Gasteiger partial charge in [-0.05, 0) is 24.1 Å². The number of carbonyl (C=O) groups excluding carboxylic acids is 1. The molecule has 1 aliphatic rings. The predicted octanol–water partition coefficient (Wildman–Crippen LogP) is 2.59. The van der Waals surface area contributed by atoms with Crippen LogP contribution in [0.15, 0.2) is 30.3 Å². The van der Waals surface area contributed by atoms with Crippen molar-refractivity contribution in [2.75, 3.05) is 11.4 Å². The van der Waals surface area contributed by atoms with Crippen molar-refractivity contribution in [3.05, 3.63) is 47.5 Å². The number of halogens is 2. The molecule has 0 fully saturated rings. The molecular formula is C16H14ClFN2O3. The molecule has 120 valence electrons. The van der Waals surface area contributed by atoms with Gasteiger partial charge in [0.15, 0.2) is 0 Å². The minimum Gasteiger partial charge on any atom is -0.480 e. The number of hydrogen-bond acceptors (Lipinski definition) is 3. The van der Waals surface area contributed by atoms with E-state index >= 15 is 0 Å². The molecule has 2 heterocycles. The minimum atomic E-state index is -1.15. The Morgan fingerprint density at radius 3 is 2.78 bits per heavy atom. The number of aromatic nitrogens is 1. The molecule has 0 atom stereocenters. The zero-order valence-corrected chi connectivity index (χ0v) is 13.1. The summed E-state index contributed by atoms with van der Waals surface area (Å²) < 4.78 is 14.4. The molecule has 0 radical (unpaired) electrons. The number of nitrogens with zero attached hydrogens (tertiary/aromatic N) is 2. The molecule has 1 aliphatic heterocycles. The highest BCUT2D eigenvalue weighted by molar-refractivity contribution is 6.04. The van der Waals surface area contributed by atoms with Gasteiger partial charge in [0.1, 0.15) is 6.54 Å². The molecule has 7 heteroatoms. The third-order valence-electron chi connectivity index (χ3n) is 3.60. The van der Waals surface area contributed by atoms with Crippen molar-refractivity contribution < 1.29 is 19.1 Å². The first-order valence-electron chi connectivity index (χ1n) is 6.75. The quantitative estimate of drug-likeness (QED) is 0.856. The lowest BCUT2D eigenvalue weighted by molar-refractivity contribution is -0.136. The molecule has 2 aromatic rings. The van der Waals surface area contributed by atoms with Crippen molar-refractivity contribution in [1.82, 2.24) is 4.98 Å². The first-order chi connectivity index (χ1) is 10.5. The van der Waals surface area contributed by atoms with Crippen LogP contribution in [0.3, 0.4) is 0 Å². The topological polar surface area (TPSA) is 70.5 Å². The van der Waals surface area contributed by atoms with Gasteiger partial charge < -0.3 is 10.0 Å². The Morgan fingerprint density at radius 1 is 1.39 bits per heavy atom. The van der Waals surface area contributed by atoms with Crippen LogP contribution in [0.2, 0.25) is 0 Å². The number of carboxylic acid groups (broad SMARTS) is 1. The molecular weight excluding hydrogens is 323 g/mol. The molecule has 0 saturated carbocycles. The normalized spacial score (nSPS) is 12.8. The fourth-order valence-corrected chi connectivity index (χ4v) is 2.70. The zero-order valence-electron chi connectivity index (χ0n) is 12.2. The number of carboxylic acids is 1. The second kappa shape index (κ2) is 6.34. The Labute approximate surface area is 138 Å². The lowest BCUT2D eigenvalue weighted by Gasteiger charge is -2.21. The lowest BCUT2D eigenvalue weighted by atomic mass is 9.99. The molecule has 0 spiro atoms. The number of anilines is 1. The van der Waals surface area contributed by atoms with Gasteiger partial charge in [0.05, 0.1) is 17.7 Å². The van der Waals surface area contributed by atoms with E-state index in [2.05, 4.69) is 4.98 Å². The van der Waals surface area contributed by atoms with Gasteiger partial charge in [0, 0.05) is 5.69 Å². The number of aliphatic carboxylic acids is 1. The van der Waals surface area contributed by atoms with Crippen LogP contribution in [0.25, 0.3) is 11.1 Å². The van der Waals surface area contributed by atoms with E-state index in [1.807, 2.05) is 0 Å². The van der Waals surface area contributed by atoms with Crippen LogP contribution < -0.4 is 4.90 Å². The second-order valence-corrected chi connectivity index (χ2v) is 5.16. The largest absolute Gasteiger partial charge is 0.480 e. The van der Waals surface area contributed by atoms with Crippen LogP contribution in [0.1, 0.15) is 11.3 Å². The van der Waals surface area contributed by atoms with Gasteiger partial charge in [-0.25, -0.2) is 4.98 Å². The number of amides is 1. The first kappa shape index (κ1) is 16.9. The van der Waals surface area contributed by atoms with E-state index in [-0.39, 0.29) is 36.0 Å². The SMILES string of the molecule is Cc1cc2c(c(F)n1)-c1ccccc1CC(=O)N2CC(=O)O.Cl. The molecule has 1 aromatic carbocycles. The van der Waals surface area contributed by atoms with Gasteiger partial charge in [-0.15, -0.1) is 12.4 Å². The van der Waals surface area contributed by atoms with Gasteiger partial charge in [0.25, 0.3) is 0 Å². The molecule has 1 aromatic heterocycles. The van der Waals surface area contributed by atoms with Crippen molar-refractivity contribution in [3.63, 3.8) is 0 Å². The highest BCUT2D eigenvalue weighted by atomic mass is 35.5. The number of benzene rings is 1. The van der Waals surface area contributed by atoms with Crippen LogP contribution in [-0.2, 0) is 16.0 Å². The minimum absolute atomic E-state index is 0. The fraction of sp³-hybridized carbons (Fsp3) is 0.188. The first-order valence-corrected chi connectivity index (χ1v) is 6.75. The summed E-state index contributed by atoms with van der Waals surface area (Å²) in [5.74, 6) is -2.23. The number of carbonyl (C=O) groups is 2. The van der Waals surface area contributed by atoms with Crippen LogP contribution in [-0.4, -0.2) is 28.5 Å².